The van der Waals surface area contributed by atoms with Gasteiger partial charge >= 0.3 is 5.97 Å². The zero-order chi connectivity index (χ0) is 24.0. The Balaban J connectivity index is 1.44. The van der Waals surface area contributed by atoms with Crippen LogP contribution in [0.4, 0.5) is 8.78 Å². The number of halogens is 2. The number of amides is 1. The molecule has 0 atom stereocenters. The summed E-state index contributed by atoms with van der Waals surface area (Å²) in [5, 5.41) is 11.7. The largest absolute Gasteiger partial charge is 0.487 e. The SMILES string of the molecule is Cc1ccc(C(=O)NCCCC(=O)c2ccc(OC3CCC(C(=O)O)CC3)c(F)c2)cc1F. The van der Waals surface area contributed by atoms with Gasteiger partial charge in [-0.1, -0.05) is 6.07 Å². The van der Waals surface area contributed by atoms with Crippen molar-refractivity contribution in [3.8, 4) is 5.75 Å². The van der Waals surface area contributed by atoms with Crippen LogP contribution in [0.15, 0.2) is 36.4 Å². The number of carboxylic acids is 1. The molecule has 0 aromatic heterocycles. The smallest absolute Gasteiger partial charge is 0.306 e. The number of ketones is 1. The molecule has 0 bridgehead atoms. The number of rotatable bonds is 9. The van der Waals surface area contributed by atoms with Gasteiger partial charge in [0.05, 0.1) is 12.0 Å². The number of aliphatic carboxylic acids is 1. The number of ether oxygens (including phenoxy) is 1. The van der Waals surface area contributed by atoms with E-state index in [9.17, 15) is 23.2 Å². The number of carbonyl (C=O) groups excluding carboxylic acids is 2. The summed E-state index contributed by atoms with van der Waals surface area (Å²) in [5.74, 6) is -2.94. The van der Waals surface area contributed by atoms with Gasteiger partial charge in [-0.15, -0.1) is 0 Å². The van der Waals surface area contributed by atoms with E-state index in [2.05, 4.69) is 5.32 Å². The summed E-state index contributed by atoms with van der Waals surface area (Å²) in [6, 6.07) is 8.27. The van der Waals surface area contributed by atoms with Crippen LogP contribution in [-0.2, 0) is 4.79 Å². The van der Waals surface area contributed by atoms with Crippen molar-refractivity contribution in [3.05, 3.63) is 64.7 Å². The number of benzene rings is 2. The molecule has 0 aliphatic heterocycles. The fraction of sp³-hybridized carbons (Fsp3) is 0.400. The van der Waals surface area contributed by atoms with Crippen LogP contribution in [0.1, 0.15) is 64.8 Å². The Morgan fingerprint density at radius 3 is 2.30 bits per heavy atom. The molecule has 1 amide bonds. The van der Waals surface area contributed by atoms with Gasteiger partial charge in [0.15, 0.2) is 17.3 Å². The lowest BCUT2D eigenvalue weighted by Gasteiger charge is -2.27. The monoisotopic (exact) mass is 459 g/mol. The maximum Gasteiger partial charge on any atom is 0.306 e. The van der Waals surface area contributed by atoms with E-state index in [1.54, 1.807) is 6.92 Å². The normalized spacial score (nSPS) is 17.9. The molecule has 0 heterocycles. The van der Waals surface area contributed by atoms with Crippen LogP contribution in [0.25, 0.3) is 0 Å². The summed E-state index contributed by atoms with van der Waals surface area (Å²) < 4.78 is 33.7. The van der Waals surface area contributed by atoms with Crippen molar-refractivity contribution in [1.29, 1.82) is 0 Å². The first-order valence-electron chi connectivity index (χ1n) is 11.0. The molecule has 1 aliphatic rings. The average Bonchev–Trinajstić information content (AvgIpc) is 2.79. The first-order valence-corrected chi connectivity index (χ1v) is 11.0. The van der Waals surface area contributed by atoms with E-state index < -0.39 is 23.5 Å². The van der Waals surface area contributed by atoms with Gasteiger partial charge in [-0.05, 0) is 74.9 Å². The molecule has 176 valence electrons. The molecule has 2 N–H and O–H groups in total. The van der Waals surface area contributed by atoms with Crippen LogP contribution >= 0.6 is 0 Å². The predicted octanol–water partition coefficient (Wildman–Crippen LogP) is 4.69. The van der Waals surface area contributed by atoms with Crippen LogP contribution in [0, 0.1) is 24.5 Å². The Bertz CT molecular complexity index is 1030. The molecule has 1 aliphatic carbocycles. The summed E-state index contributed by atoms with van der Waals surface area (Å²) in [6.45, 7) is 1.83. The lowest BCUT2D eigenvalue weighted by Crippen LogP contribution is -2.28. The number of aryl methyl sites for hydroxylation is 1. The van der Waals surface area contributed by atoms with Crippen molar-refractivity contribution in [2.75, 3.05) is 6.54 Å². The Hall–Kier alpha value is -3.29. The maximum atomic E-state index is 14.5. The van der Waals surface area contributed by atoms with E-state index >= 15 is 0 Å². The highest BCUT2D eigenvalue weighted by molar-refractivity contribution is 5.96. The fourth-order valence-electron chi connectivity index (χ4n) is 3.81. The van der Waals surface area contributed by atoms with E-state index in [1.807, 2.05) is 0 Å². The Labute approximate surface area is 191 Å². The molecule has 0 saturated heterocycles. The zero-order valence-electron chi connectivity index (χ0n) is 18.4. The Morgan fingerprint density at radius 1 is 1.00 bits per heavy atom. The summed E-state index contributed by atoms with van der Waals surface area (Å²) in [4.78, 5) is 35.5. The van der Waals surface area contributed by atoms with Crippen molar-refractivity contribution in [2.45, 2.75) is 51.6 Å². The zero-order valence-corrected chi connectivity index (χ0v) is 18.4. The summed E-state index contributed by atoms with van der Waals surface area (Å²) in [7, 11) is 0. The summed E-state index contributed by atoms with van der Waals surface area (Å²) in [5.41, 5.74) is 0.867. The molecule has 0 radical (unpaired) electrons. The minimum Gasteiger partial charge on any atom is -0.487 e. The van der Waals surface area contributed by atoms with Gasteiger partial charge in [0, 0.05) is 24.1 Å². The van der Waals surface area contributed by atoms with Crippen LogP contribution in [0.2, 0.25) is 0 Å². The minimum absolute atomic E-state index is 0.0444. The van der Waals surface area contributed by atoms with E-state index in [1.165, 1.54) is 30.3 Å². The summed E-state index contributed by atoms with van der Waals surface area (Å²) >= 11 is 0. The second-order valence-electron chi connectivity index (χ2n) is 8.32. The van der Waals surface area contributed by atoms with E-state index in [4.69, 9.17) is 9.84 Å². The average molecular weight is 459 g/mol. The van der Waals surface area contributed by atoms with Crippen molar-refractivity contribution in [3.63, 3.8) is 0 Å². The second kappa shape index (κ2) is 11.0. The predicted molar refractivity (Wildman–Crippen MR) is 117 cm³/mol. The quantitative estimate of drug-likeness (QED) is 0.419. The molecule has 3 rings (SSSR count). The topological polar surface area (TPSA) is 92.7 Å². The van der Waals surface area contributed by atoms with Crippen molar-refractivity contribution < 1.29 is 33.0 Å². The highest BCUT2D eigenvalue weighted by atomic mass is 19.1. The third-order valence-corrected chi connectivity index (χ3v) is 5.87. The Kier molecular flexibility index (Phi) is 8.14. The molecular weight excluding hydrogens is 432 g/mol. The van der Waals surface area contributed by atoms with Gasteiger partial charge in [0.1, 0.15) is 5.82 Å². The fourth-order valence-corrected chi connectivity index (χ4v) is 3.81. The molecule has 8 heteroatoms. The van der Waals surface area contributed by atoms with Gasteiger partial charge in [0.25, 0.3) is 5.91 Å². The van der Waals surface area contributed by atoms with E-state index in [0.717, 1.165) is 6.07 Å². The molecule has 0 spiro atoms. The highest BCUT2D eigenvalue weighted by Gasteiger charge is 2.27. The molecular formula is C25H27F2NO5. The van der Waals surface area contributed by atoms with Gasteiger partial charge in [0.2, 0.25) is 0 Å². The maximum absolute atomic E-state index is 14.5. The first kappa shape index (κ1) is 24.4. The standard InChI is InChI=1S/C25H27F2NO5/c1-15-4-5-18(14-20(15)26)24(30)28-12-2-3-22(29)17-8-11-23(21(27)13-17)33-19-9-6-16(7-10-19)25(31)32/h4-5,8,11,13-14,16,19H,2-3,6-7,9-10,12H2,1H3,(H,28,30)(H,31,32). The number of carboxylic acid groups (broad SMARTS) is 1. The number of hydrogen-bond acceptors (Lipinski definition) is 4. The van der Waals surface area contributed by atoms with Crippen LogP contribution < -0.4 is 10.1 Å². The molecule has 2 aromatic carbocycles. The van der Waals surface area contributed by atoms with Gasteiger partial charge < -0.3 is 15.2 Å². The third kappa shape index (κ3) is 6.60. The third-order valence-electron chi connectivity index (χ3n) is 5.87. The van der Waals surface area contributed by atoms with Gasteiger partial charge in [-0.2, -0.15) is 0 Å². The molecule has 33 heavy (non-hydrogen) atoms. The number of nitrogens with one attached hydrogen (secondary N) is 1. The number of carbonyl (C=O) groups is 3. The molecule has 2 aromatic rings. The van der Waals surface area contributed by atoms with Crippen LogP contribution in [0.3, 0.4) is 0 Å². The van der Waals surface area contributed by atoms with Crippen LogP contribution in [0.5, 0.6) is 5.75 Å². The van der Waals surface area contributed by atoms with Crippen LogP contribution in [-0.4, -0.2) is 35.4 Å². The molecule has 1 fully saturated rings. The number of hydrogen-bond donors (Lipinski definition) is 2. The van der Waals surface area contributed by atoms with Crippen molar-refractivity contribution in [1.82, 2.24) is 5.32 Å². The molecule has 1 saturated carbocycles. The molecule has 0 unspecified atom stereocenters. The Morgan fingerprint density at radius 2 is 1.67 bits per heavy atom. The molecule has 6 nitrogen and oxygen atoms in total. The first-order chi connectivity index (χ1) is 15.7. The van der Waals surface area contributed by atoms with Crippen molar-refractivity contribution >= 4 is 17.7 Å². The van der Waals surface area contributed by atoms with E-state index in [-0.39, 0.29) is 47.6 Å². The second-order valence-corrected chi connectivity index (χ2v) is 8.32. The van der Waals surface area contributed by atoms with E-state index in [0.29, 0.717) is 37.7 Å². The van der Waals surface area contributed by atoms with Gasteiger partial charge in [-0.3, -0.25) is 14.4 Å². The lowest BCUT2D eigenvalue weighted by molar-refractivity contribution is -0.143. The minimum atomic E-state index is -0.814. The summed E-state index contributed by atoms with van der Waals surface area (Å²) in [6.07, 6.45) is 2.28. The van der Waals surface area contributed by atoms with Crippen molar-refractivity contribution in [2.24, 2.45) is 5.92 Å². The van der Waals surface area contributed by atoms with Gasteiger partial charge in [-0.25, -0.2) is 8.78 Å². The highest BCUT2D eigenvalue weighted by Crippen LogP contribution is 2.29. The lowest BCUT2D eigenvalue weighted by atomic mass is 9.87. The number of Topliss-reactive ketones (excluding diaryl/α,β-unsaturated/α-hetero) is 1.